The predicted molar refractivity (Wildman–Crippen MR) is 103 cm³/mol. The van der Waals surface area contributed by atoms with Gasteiger partial charge in [0.15, 0.2) is 0 Å². The number of hydrogen-bond donors (Lipinski definition) is 1. The number of nitrogens with one attached hydrogen (secondary N) is 1. The van der Waals surface area contributed by atoms with E-state index in [1.165, 1.54) is 0 Å². The number of amides is 2. The van der Waals surface area contributed by atoms with Gasteiger partial charge in [0.2, 0.25) is 0 Å². The number of anilines is 2. The number of allylic oxidation sites excluding steroid dienone is 1. The first-order valence-electron chi connectivity index (χ1n) is 8.22. The summed E-state index contributed by atoms with van der Waals surface area (Å²) in [4.78, 5) is 20.7. The molecule has 2 amide bonds. The molecular weight excluding hydrogens is 336 g/mol. The standard InChI is InChI=1S/C19H21ClN4O/c1-14(2)15-5-7-16(8-6-15)22-19(25)24-12-10-23(11-13-24)18-17(20)4-3-9-21-18/h3-9H,1,10-13H2,2H3,(H,22,25). The molecule has 0 aliphatic carbocycles. The van der Waals surface area contributed by atoms with Gasteiger partial charge >= 0.3 is 6.03 Å². The minimum Gasteiger partial charge on any atom is -0.352 e. The third-order valence-electron chi connectivity index (χ3n) is 4.23. The van der Waals surface area contributed by atoms with Gasteiger partial charge in [-0.3, -0.25) is 0 Å². The Bertz CT molecular complexity index is 767. The van der Waals surface area contributed by atoms with Crippen molar-refractivity contribution >= 4 is 34.7 Å². The van der Waals surface area contributed by atoms with Gasteiger partial charge in [-0.1, -0.05) is 35.9 Å². The van der Waals surface area contributed by atoms with Crippen LogP contribution in [0.4, 0.5) is 16.3 Å². The van der Waals surface area contributed by atoms with Crippen LogP contribution in [0.3, 0.4) is 0 Å². The first-order valence-corrected chi connectivity index (χ1v) is 8.60. The lowest BCUT2D eigenvalue weighted by molar-refractivity contribution is 0.208. The molecule has 2 heterocycles. The van der Waals surface area contributed by atoms with Crippen molar-refractivity contribution in [2.24, 2.45) is 0 Å². The van der Waals surface area contributed by atoms with E-state index < -0.39 is 0 Å². The number of urea groups is 1. The molecule has 0 unspecified atom stereocenters. The molecule has 1 saturated heterocycles. The number of benzene rings is 1. The van der Waals surface area contributed by atoms with Crippen molar-refractivity contribution in [3.8, 4) is 0 Å². The molecule has 2 aromatic rings. The Hall–Kier alpha value is -2.53. The van der Waals surface area contributed by atoms with E-state index in [0.717, 1.165) is 22.6 Å². The zero-order chi connectivity index (χ0) is 17.8. The van der Waals surface area contributed by atoms with Crippen LogP contribution in [0.15, 0.2) is 49.2 Å². The van der Waals surface area contributed by atoms with Gasteiger partial charge in [-0.2, -0.15) is 0 Å². The molecule has 25 heavy (non-hydrogen) atoms. The molecule has 0 radical (unpaired) electrons. The Morgan fingerprint density at radius 2 is 1.84 bits per heavy atom. The summed E-state index contributed by atoms with van der Waals surface area (Å²) in [6.07, 6.45) is 1.73. The second kappa shape index (κ2) is 7.57. The summed E-state index contributed by atoms with van der Waals surface area (Å²) in [6.45, 7) is 8.54. The molecule has 3 rings (SSSR count). The zero-order valence-electron chi connectivity index (χ0n) is 14.2. The number of halogens is 1. The zero-order valence-corrected chi connectivity index (χ0v) is 15.0. The Labute approximate surface area is 152 Å². The minimum atomic E-state index is -0.0881. The van der Waals surface area contributed by atoms with Gasteiger partial charge in [0.25, 0.3) is 0 Å². The van der Waals surface area contributed by atoms with Crippen molar-refractivity contribution in [2.75, 3.05) is 36.4 Å². The smallest absolute Gasteiger partial charge is 0.321 e. The first kappa shape index (κ1) is 17.3. The van der Waals surface area contributed by atoms with Crippen LogP contribution in [0, 0.1) is 0 Å². The fourth-order valence-electron chi connectivity index (χ4n) is 2.77. The molecule has 0 spiro atoms. The molecule has 1 aliphatic heterocycles. The molecule has 1 aliphatic rings. The Morgan fingerprint density at radius 1 is 1.16 bits per heavy atom. The highest BCUT2D eigenvalue weighted by Crippen LogP contribution is 2.23. The predicted octanol–water partition coefficient (Wildman–Crippen LogP) is 4.12. The molecule has 6 heteroatoms. The second-order valence-corrected chi connectivity index (χ2v) is 6.48. The van der Waals surface area contributed by atoms with Crippen LogP contribution in [0.1, 0.15) is 12.5 Å². The Kier molecular flexibility index (Phi) is 5.24. The van der Waals surface area contributed by atoms with E-state index in [9.17, 15) is 4.79 Å². The van der Waals surface area contributed by atoms with Crippen LogP contribution in [0.25, 0.3) is 5.57 Å². The third-order valence-corrected chi connectivity index (χ3v) is 4.53. The largest absolute Gasteiger partial charge is 0.352 e. The van der Waals surface area contributed by atoms with Crippen LogP contribution >= 0.6 is 11.6 Å². The summed E-state index contributed by atoms with van der Waals surface area (Å²) in [7, 11) is 0. The second-order valence-electron chi connectivity index (χ2n) is 6.07. The van der Waals surface area contributed by atoms with E-state index in [1.54, 1.807) is 11.1 Å². The van der Waals surface area contributed by atoms with Crippen LogP contribution in [0.2, 0.25) is 5.02 Å². The van der Waals surface area contributed by atoms with Gasteiger partial charge in [-0.15, -0.1) is 0 Å². The molecule has 1 aromatic heterocycles. The number of nitrogens with zero attached hydrogens (tertiary/aromatic N) is 3. The van der Waals surface area contributed by atoms with Crippen LogP contribution in [-0.4, -0.2) is 42.1 Å². The molecule has 0 saturated carbocycles. The van der Waals surface area contributed by atoms with Crippen LogP contribution < -0.4 is 10.2 Å². The van der Waals surface area contributed by atoms with Crippen molar-refractivity contribution in [1.82, 2.24) is 9.88 Å². The summed E-state index contributed by atoms with van der Waals surface area (Å²) < 4.78 is 0. The summed E-state index contributed by atoms with van der Waals surface area (Å²) in [6, 6.07) is 11.3. The maximum absolute atomic E-state index is 12.4. The molecule has 5 nitrogen and oxygen atoms in total. The molecule has 1 N–H and O–H groups in total. The van der Waals surface area contributed by atoms with Gasteiger partial charge in [-0.05, 0) is 36.8 Å². The van der Waals surface area contributed by atoms with Gasteiger partial charge in [0, 0.05) is 38.1 Å². The number of carbonyl (C=O) groups is 1. The van der Waals surface area contributed by atoms with Crippen LogP contribution in [-0.2, 0) is 0 Å². The highest BCUT2D eigenvalue weighted by atomic mass is 35.5. The summed E-state index contributed by atoms with van der Waals surface area (Å²) >= 11 is 6.20. The van der Waals surface area contributed by atoms with Crippen molar-refractivity contribution in [1.29, 1.82) is 0 Å². The highest BCUT2D eigenvalue weighted by molar-refractivity contribution is 6.32. The SMILES string of the molecule is C=C(C)c1ccc(NC(=O)N2CCN(c3ncccc3Cl)CC2)cc1. The van der Waals surface area contributed by atoms with Gasteiger partial charge in [0.05, 0.1) is 5.02 Å². The number of pyridine rings is 1. The maximum atomic E-state index is 12.4. The average Bonchev–Trinajstić information content (AvgIpc) is 2.63. The third kappa shape index (κ3) is 4.12. The molecule has 0 bridgehead atoms. The van der Waals surface area contributed by atoms with E-state index in [0.29, 0.717) is 31.2 Å². The Balaban J connectivity index is 1.56. The molecule has 1 aromatic carbocycles. The normalized spacial score (nSPS) is 14.3. The maximum Gasteiger partial charge on any atom is 0.321 e. The summed E-state index contributed by atoms with van der Waals surface area (Å²) in [5.41, 5.74) is 2.85. The molecule has 130 valence electrons. The van der Waals surface area contributed by atoms with Crippen molar-refractivity contribution in [3.63, 3.8) is 0 Å². The van der Waals surface area contributed by atoms with E-state index in [1.807, 2.05) is 43.3 Å². The lowest BCUT2D eigenvalue weighted by Gasteiger charge is -2.35. The van der Waals surface area contributed by atoms with Gasteiger partial charge in [-0.25, -0.2) is 9.78 Å². The lowest BCUT2D eigenvalue weighted by atomic mass is 10.1. The highest BCUT2D eigenvalue weighted by Gasteiger charge is 2.23. The monoisotopic (exact) mass is 356 g/mol. The lowest BCUT2D eigenvalue weighted by Crippen LogP contribution is -2.50. The fourth-order valence-corrected chi connectivity index (χ4v) is 3.01. The number of piperazine rings is 1. The van der Waals surface area contributed by atoms with Crippen molar-refractivity contribution in [3.05, 3.63) is 59.8 Å². The number of aromatic nitrogens is 1. The Morgan fingerprint density at radius 3 is 2.44 bits per heavy atom. The number of hydrogen-bond acceptors (Lipinski definition) is 3. The quantitative estimate of drug-likeness (QED) is 0.899. The van der Waals surface area contributed by atoms with Gasteiger partial charge < -0.3 is 15.1 Å². The fraction of sp³-hybridized carbons (Fsp3) is 0.263. The minimum absolute atomic E-state index is 0.0881. The number of carbonyl (C=O) groups excluding carboxylic acids is 1. The van der Waals surface area contributed by atoms with E-state index in [-0.39, 0.29) is 6.03 Å². The summed E-state index contributed by atoms with van der Waals surface area (Å²) in [5, 5.41) is 3.58. The molecule has 0 atom stereocenters. The summed E-state index contributed by atoms with van der Waals surface area (Å²) in [5.74, 6) is 0.777. The van der Waals surface area contributed by atoms with E-state index >= 15 is 0 Å². The average molecular weight is 357 g/mol. The molecule has 1 fully saturated rings. The molecular formula is C19H21ClN4O. The topological polar surface area (TPSA) is 48.5 Å². The number of rotatable bonds is 3. The van der Waals surface area contributed by atoms with Crippen molar-refractivity contribution in [2.45, 2.75) is 6.92 Å². The van der Waals surface area contributed by atoms with E-state index in [4.69, 9.17) is 11.6 Å². The first-order chi connectivity index (χ1) is 12.0. The van der Waals surface area contributed by atoms with E-state index in [2.05, 4.69) is 21.8 Å². The van der Waals surface area contributed by atoms with Crippen molar-refractivity contribution < 1.29 is 4.79 Å². The van der Waals surface area contributed by atoms with Crippen LogP contribution in [0.5, 0.6) is 0 Å². The van der Waals surface area contributed by atoms with Gasteiger partial charge in [0.1, 0.15) is 5.82 Å².